The van der Waals surface area contributed by atoms with Crippen LogP contribution in [0.4, 0.5) is 13.2 Å². The molecule has 0 unspecified atom stereocenters. The third-order valence-corrected chi connectivity index (χ3v) is 4.33. The number of aromatic nitrogens is 1. The molecule has 0 atom stereocenters. The molecule has 6 nitrogen and oxygen atoms in total. The Hall–Kier alpha value is -3.23. The summed E-state index contributed by atoms with van der Waals surface area (Å²) in [6.07, 6.45) is -0.882. The molecule has 0 saturated carbocycles. The summed E-state index contributed by atoms with van der Waals surface area (Å²) in [5.74, 6) is 1.22. The SMILES string of the molecule is O=C(/C=C/c1ccc2c(c1)OCO2)N1CC(Oc2ccc(C(F)(F)F)cn2)C1. The van der Waals surface area contributed by atoms with Crippen LogP contribution in [0.3, 0.4) is 0 Å². The van der Waals surface area contributed by atoms with Gasteiger partial charge < -0.3 is 19.1 Å². The monoisotopic (exact) mass is 392 g/mol. The van der Waals surface area contributed by atoms with E-state index in [-0.39, 0.29) is 24.7 Å². The third-order valence-electron chi connectivity index (χ3n) is 4.33. The van der Waals surface area contributed by atoms with Crippen LogP contribution in [0, 0.1) is 0 Å². The molecule has 2 aliphatic heterocycles. The quantitative estimate of drug-likeness (QED) is 0.749. The van der Waals surface area contributed by atoms with Gasteiger partial charge in [-0.1, -0.05) is 6.07 Å². The Labute approximate surface area is 158 Å². The lowest BCUT2D eigenvalue weighted by Crippen LogP contribution is -2.55. The first-order valence-corrected chi connectivity index (χ1v) is 8.45. The van der Waals surface area contributed by atoms with E-state index in [9.17, 15) is 18.0 Å². The fraction of sp³-hybridized carbons (Fsp3) is 0.263. The molecule has 1 saturated heterocycles. The molecule has 0 N–H and O–H groups in total. The topological polar surface area (TPSA) is 60.9 Å². The predicted octanol–water partition coefficient (Wildman–Crippen LogP) is 3.13. The number of benzene rings is 1. The predicted molar refractivity (Wildman–Crippen MR) is 91.8 cm³/mol. The number of ether oxygens (including phenoxy) is 3. The van der Waals surface area contributed by atoms with Gasteiger partial charge in [-0.3, -0.25) is 4.79 Å². The summed E-state index contributed by atoms with van der Waals surface area (Å²) >= 11 is 0. The van der Waals surface area contributed by atoms with Crippen LogP contribution in [-0.4, -0.2) is 41.8 Å². The zero-order valence-electron chi connectivity index (χ0n) is 14.5. The zero-order valence-corrected chi connectivity index (χ0v) is 14.5. The molecule has 0 bridgehead atoms. The maximum Gasteiger partial charge on any atom is 0.417 e. The van der Waals surface area contributed by atoms with E-state index in [1.807, 2.05) is 6.07 Å². The first-order chi connectivity index (χ1) is 13.4. The van der Waals surface area contributed by atoms with Gasteiger partial charge in [0, 0.05) is 18.3 Å². The molecule has 4 rings (SSSR count). The number of nitrogens with zero attached hydrogens (tertiary/aromatic N) is 2. The van der Waals surface area contributed by atoms with Crippen molar-refractivity contribution in [1.82, 2.24) is 9.88 Å². The van der Waals surface area contributed by atoms with Gasteiger partial charge in [0.1, 0.15) is 6.10 Å². The van der Waals surface area contributed by atoms with Gasteiger partial charge >= 0.3 is 6.18 Å². The highest BCUT2D eigenvalue weighted by Crippen LogP contribution is 2.33. The van der Waals surface area contributed by atoms with Crippen LogP contribution in [0.25, 0.3) is 6.08 Å². The van der Waals surface area contributed by atoms with Crippen LogP contribution >= 0.6 is 0 Å². The molecular formula is C19H15F3N2O4. The number of carbonyl (C=O) groups is 1. The van der Waals surface area contributed by atoms with Crippen molar-refractivity contribution in [2.45, 2.75) is 12.3 Å². The molecule has 0 aliphatic carbocycles. The Bertz CT molecular complexity index is 906. The lowest BCUT2D eigenvalue weighted by Gasteiger charge is -2.38. The Morgan fingerprint density at radius 1 is 1.18 bits per heavy atom. The smallest absolute Gasteiger partial charge is 0.417 e. The van der Waals surface area contributed by atoms with E-state index in [0.717, 1.165) is 17.8 Å². The molecule has 1 fully saturated rings. The van der Waals surface area contributed by atoms with E-state index in [1.54, 1.807) is 23.1 Å². The van der Waals surface area contributed by atoms with Gasteiger partial charge in [-0.25, -0.2) is 4.98 Å². The third kappa shape index (κ3) is 3.88. The number of pyridine rings is 1. The van der Waals surface area contributed by atoms with E-state index in [4.69, 9.17) is 14.2 Å². The summed E-state index contributed by atoms with van der Waals surface area (Å²) in [5, 5.41) is 0. The van der Waals surface area contributed by atoms with Crippen LogP contribution in [0.2, 0.25) is 0 Å². The van der Waals surface area contributed by atoms with E-state index in [0.29, 0.717) is 24.6 Å². The van der Waals surface area contributed by atoms with Gasteiger partial charge in [-0.2, -0.15) is 13.2 Å². The second-order valence-electron chi connectivity index (χ2n) is 6.31. The fourth-order valence-electron chi connectivity index (χ4n) is 2.77. The lowest BCUT2D eigenvalue weighted by atomic mass is 10.1. The fourth-order valence-corrected chi connectivity index (χ4v) is 2.77. The minimum Gasteiger partial charge on any atom is -0.471 e. The molecule has 0 spiro atoms. The molecule has 28 heavy (non-hydrogen) atoms. The van der Waals surface area contributed by atoms with E-state index < -0.39 is 11.7 Å². The number of amides is 1. The van der Waals surface area contributed by atoms with Crippen LogP contribution in [0.15, 0.2) is 42.6 Å². The Morgan fingerprint density at radius 3 is 2.68 bits per heavy atom. The molecular weight excluding hydrogens is 377 g/mol. The van der Waals surface area contributed by atoms with Crippen molar-refractivity contribution in [2.75, 3.05) is 19.9 Å². The summed E-state index contributed by atoms with van der Waals surface area (Å²) < 4.78 is 53.5. The van der Waals surface area contributed by atoms with Crippen molar-refractivity contribution in [3.63, 3.8) is 0 Å². The van der Waals surface area contributed by atoms with Crippen LogP contribution < -0.4 is 14.2 Å². The Balaban J connectivity index is 1.27. The van der Waals surface area contributed by atoms with Crippen molar-refractivity contribution >= 4 is 12.0 Å². The number of alkyl halides is 3. The van der Waals surface area contributed by atoms with Crippen LogP contribution in [0.5, 0.6) is 17.4 Å². The normalized spacial score (nSPS) is 16.3. The van der Waals surface area contributed by atoms with Crippen LogP contribution in [0.1, 0.15) is 11.1 Å². The molecule has 2 aliphatic rings. The van der Waals surface area contributed by atoms with Crippen molar-refractivity contribution in [1.29, 1.82) is 0 Å². The first kappa shape index (κ1) is 18.1. The molecule has 1 aromatic heterocycles. The standard InChI is InChI=1S/C19H15F3N2O4/c20-19(21,22)13-3-5-17(23-8-13)28-14-9-24(10-14)18(25)6-2-12-1-4-15-16(7-12)27-11-26-15/h1-8,14H,9-11H2/b6-2+. The van der Waals surface area contributed by atoms with Crippen molar-refractivity contribution in [3.05, 3.63) is 53.7 Å². The molecule has 1 amide bonds. The highest BCUT2D eigenvalue weighted by atomic mass is 19.4. The van der Waals surface area contributed by atoms with E-state index in [2.05, 4.69) is 4.98 Å². The van der Waals surface area contributed by atoms with Crippen molar-refractivity contribution in [3.8, 4) is 17.4 Å². The second kappa shape index (κ2) is 7.06. The minimum absolute atomic E-state index is 0.0981. The molecule has 0 radical (unpaired) electrons. The van der Waals surface area contributed by atoms with Crippen molar-refractivity contribution < 1.29 is 32.2 Å². The number of fused-ring (bicyclic) bond motifs is 1. The molecule has 1 aromatic carbocycles. The van der Waals surface area contributed by atoms with Gasteiger partial charge in [0.15, 0.2) is 11.5 Å². The maximum absolute atomic E-state index is 12.5. The summed E-state index contributed by atoms with van der Waals surface area (Å²) in [7, 11) is 0. The minimum atomic E-state index is -4.43. The highest BCUT2D eigenvalue weighted by Gasteiger charge is 2.33. The summed E-state index contributed by atoms with van der Waals surface area (Å²) in [4.78, 5) is 17.4. The van der Waals surface area contributed by atoms with Crippen LogP contribution in [-0.2, 0) is 11.0 Å². The number of rotatable bonds is 4. The van der Waals surface area contributed by atoms with Crippen molar-refractivity contribution in [2.24, 2.45) is 0 Å². The number of carbonyl (C=O) groups excluding carboxylic acids is 1. The van der Waals surface area contributed by atoms with E-state index in [1.165, 1.54) is 12.1 Å². The number of hydrogen-bond donors (Lipinski definition) is 0. The van der Waals surface area contributed by atoms with Gasteiger partial charge in [0.25, 0.3) is 0 Å². The number of likely N-dealkylation sites (tertiary alicyclic amines) is 1. The largest absolute Gasteiger partial charge is 0.471 e. The molecule has 3 heterocycles. The molecule has 9 heteroatoms. The van der Waals surface area contributed by atoms with Gasteiger partial charge in [-0.05, 0) is 29.8 Å². The Kier molecular flexibility index (Phi) is 4.58. The lowest BCUT2D eigenvalue weighted by molar-refractivity contribution is -0.138. The average Bonchev–Trinajstić information content (AvgIpc) is 3.10. The van der Waals surface area contributed by atoms with E-state index >= 15 is 0 Å². The van der Waals surface area contributed by atoms with Gasteiger partial charge in [-0.15, -0.1) is 0 Å². The Morgan fingerprint density at radius 2 is 1.96 bits per heavy atom. The highest BCUT2D eigenvalue weighted by molar-refractivity contribution is 5.92. The summed E-state index contributed by atoms with van der Waals surface area (Å²) in [6.45, 7) is 0.865. The zero-order chi connectivity index (χ0) is 19.7. The van der Waals surface area contributed by atoms with Gasteiger partial charge in [0.2, 0.25) is 18.6 Å². The first-order valence-electron chi connectivity index (χ1n) is 8.45. The van der Waals surface area contributed by atoms with Gasteiger partial charge in [0.05, 0.1) is 18.7 Å². The molecule has 146 valence electrons. The summed E-state index contributed by atoms with van der Waals surface area (Å²) in [6, 6.07) is 7.46. The second-order valence-corrected chi connectivity index (χ2v) is 6.31. The number of halogens is 3. The average molecular weight is 392 g/mol. The number of hydrogen-bond acceptors (Lipinski definition) is 5. The molecule has 2 aromatic rings. The summed E-state index contributed by atoms with van der Waals surface area (Å²) in [5.41, 5.74) is -0.0289. The maximum atomic E-state index is 12.5.